The second-order valence-corrected chi connectivity index (χ2v) is 9.65. The normalized spacial score (nSPS) is 22.4. The van der Waals surface area contributed by atoms with Crippen molar-refractivity contribution in [2.75, 3.05) is 18.5 Å². The van der Waals surface area contributed by atoms with Crippen LogP contribution in [0.2, 0.25) is 0 Å². The smallest absolute Gasteiger partial charge is 0.333 e. The number of nitrogens with one attached hydrogen (secondary N) is 1. The Balaban J connectivity index is 1.31. The molecule has 5 N–H and O–H groups in total. The van der Waals surface area contributed by atoms with Gasteiger partial charge in [0.2, 0.25) is 0 Å². The van der Waals surface area contributed by atoms with Gasteiger partial charge in [0, 0.05) is 13.0 Å². The Morgan fingerprint density at radius 1 is 1.08 bits per heavy atom. The van der Waals surface area contributed by atoms with Crippen LogP contribution in [-0.4, -0.2) is 75.1 Å². The molecule has 1 aliphatic rings. The van der Waals surface area contributed by atoms with E-state index in [0.717, 1.165) is 16.3 Å². The molecule has 14 heteroatoms. The first kappa shape index (κ1) is 24.4. The fourth-order valence-electron chi connectivity index (χ4n) is 4.47. The van der Waals surface area contributed by atoms with E-state index >= 15 is 0 Å². The minimum absolute atomic E-state index is 0.139. The SMILES string of the molecule is NS(=O)(=O)OCCO[C@@H]1C[C@H](n2nnc3c(NCc4cccc5ccccc45)ncnc32)[C@@H](O)[C@H]1O. The van der Waals surface area contributed by atoms with E-state index in [9.17, 15) is 18.6 Å². The van der Waals surface area contributed by atoms with Gasteiger partial charge < -0.3 is 20.3 Å². The monoisotopic (exact) mass is 515 g/mol. The number of nitrogens with two attached hydrogens (primary N) is 1. The van der Waals surface area contributed by atoms with E-state index in [4.69, 9.17) is 9.88 Å². The number of aliphatic hydroxyl groups excluding tert-OH is 2. The van der Waals surface area contributed by atoms with E-state index in [-0.39, 0.29) is 19.6 Å². The van der Waals surface area contributed by atoms with Gasteiger partial charge in [-0.1, -0.05) is 47.7 Å². The number of aliphatic hydroxyl groups is 2. The minimum Gasteiger partial charge on any atom is -0.388 e. The molecule has 4 aromatic rings. The molecule has 2 aromatic heterocycles. The van der Waals surface area contributed by atoms with Gasteiger partial charge in [-0.15, -0.1) is 5.10 Å². The van der Waals surface area contributed by atoms with Crippen LogP contribution in [0, 0.1) is 0 Å². The van der Waals surface area contributed by atoms with E-state index in [0.29, 0.717) is 23.5 Å². The number of ether oxygens (including phenoxy) is 1. The molecule has 0 saturated heterocycles. The summed E-state index contributed by atoms with van der Waals surface area (Å²) in [5.41, 5.74) is 1.90. The van der Waals surface area contributed by atoms with Crippen molar-refractivity contribution in [1.29, 1.82) is 0 Å². The summed E-state index contributed by atoms with van der Waals surface area (Å²) in [5, 5.41) is 39.8. The number of hydrogen-bond acceptors (Lipinski definition) is 11. The number of hydrogen-bond donors (Lipinski definition) is 4. The van der Waals surface area contributed by atoms with Gasteiger partial charge in [-0.25, -0.2) is 19.8 Å². The highest BCUT2D eigenvalue weighted by atomic mass is 32.2. The predicted molar refractivity (Wildman–Crippen MR) is 129 cm³/mol. The first-order valence-corrected chi connectivity index (χ1v) is 12.7. The molecule has 36 heavy (non-hydrogen) atoms. The number of anilines is 1. The van der Waals surface area contributed by atoms with E-state index in [1.165, 1.54) is 11.0 Å². The number of rotatable bonds is 9. The molecule has 13 nitrogen and oxygen atoms in total. The van der Waals surface area contributed by atoms with Crippen LogP contribution in [0.3, 0.4) is 0 Å². The molecule has 0 radical (unpaired) electrons. The Morgan fingerprint density at radius 3 is 2.72 bits per heavy atom. The number of nitrogens with zero attached hydrogens (tertiary/aromatic N) is 5. The van der Waals surface area contributed by atoms with Crippen LogP contribution in [-0.2, 0) is 25.8 Å². The lowest BCUT2D eigenvalue weighted by Crippen LogP contribution is -2.33. The topological polar surface area (TPSA) is 188 Å². The second-order valence-electron chi connectivity index (χ2n) is 8.43. The molecule has 0 spiro atoms. The van der Waals surface area contributed by atoms with Crippen molar-refractivity contribution in [2.24, 2.45) is 5.14 Å². The summed E-state index contributed by atoms with van der Waals surface area (Å²) in [6.45, 7) is 0.0513. The van der Waals surface area contributed by atoms with E-state index in [1.807, 2.05) is 24.3 Å². The molecule has 0 amide bonds. The summed E-state index contributed by atoms with van der Waals surface area (Å²) in [5.74, 6) is 0.486. The minimum atomic E-state index is -4.09. The molecule has 0 bridgehead atoms. The van der Waals surface area contributed by atoms with Crippen LogP contribution < -0.4 is 10.5 Å². The number of benzene rings is 2. The Bertz CT molecular complexity index is 1480. The molecule has 1 aliphatic carbocycles. The molecular weight excluding hydrogens is 490 g/mol. The van der Waals surface area contributed by atoms with Crippen LogP contribution in [0.5, 0.6) is 0 Å². The predicted octanol–water partition coefficient (Wildman–Crippen LogP) is 0.258. The van der Waals surface area contributed by atoms with Crippen LogP contribution in [0.25, 0.3) is 21.9 Å². The standard InChI is InChI=1S/C22H25N7O6S/c23-36(32,33)35-9-8-34-17-10-16(19(30)20(17)31)29-22-18(27-28-29)21(25-12-26-22)24-11-14-6-3-5-13-4-1-2-7-15(13)14/h1-7,12,16-17,19-20,30-31H,8-11H2,(H2,23,32,33)(H,24,25,26)/t16-,17+,19+,20-/m0/s1. The lowest BCUT2D eigenvalue weighted by Gasteiger charge is -2.17. The summed E-state index contributed by atoms with van der Waals surface area (Å²) < 4.78 is 33.1. The second kappa shape index (κ2) is 10.0. The first-order chi connectivity index (χ1) is 17.3. The van der Waals surface area contributed by atoms with Crippen LogP contribution >= 0.6 is 0 Å². The third-order valence-electron chi connectivity index (χ3n) is 6.16. The Kier molecular flexibility index (Phi) is 6.79. The molecule has 2 aromatic carbocycles. The largest absolute Gasteiger partial charge is 0.388 e. The summed E-state index contributed by atoms with van der Waals surface area (Å²) in [7, 11) is -4.09. The molecule has 5 rings (SSSR count). The maximum atomic E-state index is 10.9. The summed E-state index contributed by atoms with van der Waals surface area (Å²) in [4.78, 5) is 8.60. The fourth-order valence-corrected chi connectivity index (χ4v) is 4.77. The Labute approximate surface area is 206 Å². The highest BCUT2D eigenvalue weighted by Crippen LogP contribution is 2.34. The molecule has 4 atom stereocenters. The number of fused-ring (bicyclic) bond motifs is 2. The Morgan fingerprint density at radius 2 is 1.89 bits per heavy atom. The molecule has 1 saturated carbocycles. The maximum Gasteiger partial charge on any atom is 0.333 e. The van der Waals surface area contributed by atoms with Crippen molar-refractivity contribution in [3.8, 4) is 0 Å². The molecular formula is C22H25N7O6S. The first-order valence-electron chi connectivity index (χ1n) is 11.2. The van der Waals surface area contributed by atoms with Gasteiger partial charge in [0.05, 0.1) is 25.4 Å². The third-order valence-corrected chi connectivity index (χ3v) is 6.66. The van der Waals surface area contributed by atoms with Crippen molar-refractivity contribution in [2.45, 2.75) is 37.3 Å². The lowest BCUT2D eigenvalue weighted by molar-refractivity contribution is -0.0612. The fraction of sp³-hybridized carbons (Fsp3) is 0.364. The van der Waals surface area contributed by atoms with Crippen molar-refractivity contribution in [1.82, 2.24) is 25.0 Å². The summed E-state index contributed by atoms with van der Waals surface area (Å²) in [6, 6.07) is 13.5. The lowest BCUT2D eigenvalue weighted by atomic mass is 10.0. The molecule has 190 valence electrons. The van der Waals surface area contributed by atoms with Crippen molar-refractivity contribution >= 4 is 38.1 Å². The van der Waals surface area contributed by atoms with E-state index in [2.05, 4.69) is 48.0 Å². The average molecular weight is 516 g/mol. The zero-order valence-electron chi connectivity index (χ0n) is 19.0. The van der Waals surface area contributed by atoms with Crippen LogP contribution in [0.4, 0.5) is 5.82 Å². The summed E-state index contributed by atoms with van der Waals surface area (Å²) >= 11 is 0. The van der Waals surface area contributed by atoms with Crippen molar-refractivity contribution < 1.29 is 27.6 Å². The molecule has 0 unspecified atom stereocenters. The maximum absolute atomic E-state index is 10.9. The van der Waals surface area contributed by atoms with E-state index in [1.54, 1.807) is 0 Å². The summed E-state index contributed by atoms with van der Waals surface area (Å²) in [6.07, 6.45) is -1.64. The van der Waals surface area contributed by atoms with E-state index < -0.39 is 34.7 Å². The van der Waals surface area contributed by atoms with Crippen LogP contribution in [0.15, 0.2) is 48.8 Å². The van der Waals surface area contributed by atoms with Gasteiger partial charge in [0.15, 0.2) is 17.0 Å². The average Bonchev–Trinajstić information content (AvgIpc) is 3.41. The highest BCUT2D eigenvalue weighted by molar-refractivity contribution is 7.84. The van der Waals surface area contributed by atoms with Gasteiger partial charge in [0.1, 0.15) is 18.5 Å². The molecule has 2 heterocycles. The van der Waals surface area contributed by atoms with Gasteiger partial charge in [0.25, 0.3) is 0 Å². The molecule has 1 fully saturated rings. The quantitative estimate of drug-likeness (QED) is 0.224. The zero-order chi connectivity index (χ0) is 25.3. The van der Waals surface area contributed by atoms with Gasteiger partial charge in [-0.3, -0.25) is 4.18 Å². The zero-order valence-corrected chi connectivity index (χ0v) is 19.8. The van der Waals surface area contributed by atoms with Gasteiger partial charge in [-0.05, 0) is 16.3 Å². The molecule has 0 aliphatic heterocycles. The highest BCUT2D eigenvalue weighted by Gasteiger charge is 2.44. The Hall–Kier alpha value is -3.27. The van der Waals surface area contributed by atoms with Gasteiger partial charge >= 0.3 is 10.3 Å². The van der Waals surface area contributed by atoms with Crippen LogP contribution in [0.1, 0.15) is 18.0 Å². The van der Waals surface area contributed by atoms with Crippen molar-refractivity contribution in [3.63, 3.8) is 0 Å². The van der Waals surface area contributed by atoms with Gasteiger partial charge in [-0.2, -0.15) is 8.42 Å². The third kappa shape index (κ3) is 5.00. The number of aromatic nitrogens is 5. The van der Waals surface area contributed by atoms with Crippen molar-refractivity contribution in [3.05, 3.63) is 54.4 Å².